The molecule has 1 aliphatic heterocycles. The molecule has 0 amide bonds. The van der Waals surface area contributed by atoms with Gasteiger partial charge in [0.25, 0.3) is 0 Å². The predicted molar refractivity (Wildman–Crippen MR) is 84.7 cm³/mol. The Morgan fingerprint density at radius 3 is 2.55 bits per heavy atom. The Morgan fingerprint density at radius 2 is 2.05 bits per heavy atom. The maximum absolute atomic E-state index is 9.31. The van der Waals surface area contributed by atoms with Gasteiger partial charge in [0.1, 0.15) is 5.54 Å². The fourth-order valence-electron chi connectivity index (χ4n) is 3.33. The highest BCUT2D eigenvalue weighted by Gasteiger charge is 2.28. The van der Waals surface area contributed by atoms with Crippen LogP contribution in [0.25, 0.3) is 0 Å². The maximum Gasteiger partial charge on any atom is 0.106 e. The summed E-state index contributed by atoms with van der Waals surface area (Å²) in [4.78, 5) is 5.13. The predicted octanol–water partition coefficient (Wildman–Crippen LogP) is 2.07. The molecule has 0 aliphatic carbocycles. The van der Waals surface area contributed by atoms with E-state index in [-0.39, 0.29) is 5.54 Å². The van der Waals surface area contributed by atoms with Crippen LogP contribution in [0.1, 0.15) is 46.5 Å². The van der Waals surface area contributed by atoms with Crippen molar-refractivity contribution in [1.29, 1.82) is 5.26 Å². The first kappa shape index (κ1) is 17.4. The number of likely N-dealkylation sites (tertiary alicyclic amines) is 1. The molecule has 0 aromatic heterocycles. The third-order valence-electron chi connectivity index (χ3n) is 4.95. The third-order valence-corrected chi connectivity index (χ3v) is 4.95. The molecule has 0 bridgehead atoms. The van der Waals surface area contributed by atoms with Crippen molar-refractivity contribution in [2.24, 2.45) is 0 Å². The smallest absolute Gasteiger partial charge is 0.106 e. The lowest BCUT2D eigenvalue weighted by Gasteiger charge is -2.27. The zero-order chi connectivity index (χ0) is 15.0. The lowest BCUT2D eigenvalue weighted by molar-refractivity contribution is 0.208. The zero-order valence-corrected chi connectivity index (χ0v) is 13.8. The number of nitriles is 1. The number of hydrogen-bond acceptors (Lipinski definition) is 4. The molecule has 20 heavy (non-hydrogen) atoms. The van der Waals surface area contributed by atoms with E-state index in [0.29, 0.717) is 0 Å². The fraction of sp³-hybridized carbons (Fsp3) is 0.938. The average Bonchev–Trinajstić information content (AvgIpc) is 2.94. The van der Waals surface area contributed by atoms with Crippen molar-refractivity contribution in [3.63, 3.8) is 0 Å². The second-order valence-electron chi connectivity index (χ2n) is 5.87. The van der Waals surface area contributed by atoms with Crippen LogP contribution >= 0.6 is 0 Å². The summed E-state index contributed by atoms with van der Waals surface area (Å²) in [5, 5.41) is 12.5. The summed E-state index contributed by atoms with van der Waals surface area (Å²) in [5.41, 5.74) is -0.321. The molecule has 0 spiro atoms. The normalized spacial score (nSPS) is 22.9. The van der Waals surface area contributed by atoms with E-state index in [1.165, 1.54) is 19.5 Å². The minimum Gasteiger partial charge on any atom is -0.302 e. The molecule has 2 unspecified atom stereocenters. The summed E-state index contributed by atoms with van der Waals surface area (Å²) in [7, 11) is 1.90. The topological polar surface area (TPSA) is 42.3 Å². The summed E-state index contributed by atoms with van der Waals surface area (Å²) in [6.45, 7) is 12.4. The summed E-state index contributed by atoms with van der Waals surface area (Å²) < 4.78 is 0. The van der Waals surface area contributed by atoms with E-state index in [4.69, 9.17) is 0 Å². The van der Waals surface area contributed by atoms with Crippen LogP contribution in [0.5, 0.6) is 0 Å². The van der Waals surface area contributed by atoms with Crippen molar-refractivity contribution < 1.29 is 0 Å². The number of hydrogen-bond donors (Lipinski definition) is 1. The minimum atomic E-state index is -0.321. The molecule has 0 saturated carbocycles. The molecular formula is C16H32N4. The Morgan fingerprint density at radius 1 is 1.35 bits per heavy atom. The molecule has 116 valence electrons. The zero-order valence-electron chi connectivity index (χ0n) is 13.8. The Labute approximate surface area is 125 Å². The molecule has 1 fully saturated rings. The van der Waals surface area contributed by atoms with Gasteiger partial charge in [-0.05, 0) is 58.9 Å². The van der Waals surface area contributed by atoms with Gasteiger partial charge >= 0.3 is 0 Å². The summed E-state index contributed by atoms with van der Waals surface area (Å²) >= 11 is 0. The summed E-state index contributed by atoms with van der Waals surface area (Å²) in [6.07, 6.45) is 4.23. The molecule has 1 N–H and O–H groups in total. The first-order valence-corrected chi connectivity index (χ1v) is 8.21. The second kappa shape index (κ2) is 8.61. The fourth-order valence-corrected chi connectivity index (χ4v) is 3.33. The highest BCUT2D eigenvalue weighted by molar-refractivity contribution is 5.05. The van der Waals surface area contributed by atoms with Gasteiger partial charge in [-0.15, -0.1) is 0 Å². The molecule has 0 radical (unpaired) electrons. The van der Waals surface area contributed by atoms with E-state index in [1.807, 2.05) is 7.05 Å². The lowest BCUT2D eigenvalue weighted by Crippen LogP contribution is -2.41. The van der Waals surface area contributed by atoms with Crippen LogP contribution in [0.2, 0.25) is 0 Å². The van der Waals surface area contributed by atoms with E-state index in [9.17, 15) is 5.26 Å². The van der Waals surface area contributed by atoms with Crippen LogP contribution in [-0.4, -0.2) is 61.2 Å². The van der Waals surface area contributed by atoms with Crippen molar-refractivity contribution in [2.75, 3.05) is 39.8 Å². The van der Waals surface area contributed by atoms with Crippen LogP contribution in [0.15, 0.2) is 0 Å². The van der Waals surface area contributed by atoms with Gasteiger partial charge in [-0.2, -0.15) is 5.26 Å². The van der Waals surface area contributed by atoms with E-state index >= 15 is 0 Å². The third kappa shape index (κ3) is 4.44. The molecular weight excluding hydrogens is 248 g/mol. The van der Waals surface area contributed by atoms with Gasteiger partial charge in [-0.1, -0.05) is 20.8 Å². The highest BCUT2D eigenvalue weighted by atomic mass is 15.2. The van der Waals surface area contributed by atoms with Crippen molar-refractivity contribution in [3.8, 4) is 6.07 Å². The van der Waals surface area contributed by atoms with Gasteiger partial charge in [0.05, 0.1) is 6.07 Å². The molecule has 1 heterocycles. The first-order chi connectivity index (χ1) is 9.64. The quantitative estimate of drug-likeness (QED) is 0.702. The molecule has 0 aromatic rings. The van der Waals surface area contributed by atoms with E-state index in [1.54, 1.807) is 0 Å². The van der Waals surface area contributed by atoms with Gasteiger partial charge in [0.2, 0.25) is 0 Å². The van der Waals surface area contributed by atoms with Crippen molar-refractivity contribution in [2.45, 2.75) is 58.0 Å². The van der Waals surface area contributed by atoms with Crippen LogP contribution in [-0.2, 0) is 0 Å². The van der Waals surface area contributed by atoms with Crippen LogP contribution < -0.4 is 5.32 Å². The number of likely N-dealkylation sites (N-methyl/N-ethyl adjacent to an activating group) is 1. The van der Waals surface area contributed by atoms with E-state index in [2.05, 4.69) is 42.0 Å². The Hall–Kier alpha value is -0.630. The maximum atomic E-state index is 9.31. The van der Waals surface area contributed by atoms with Gasteiger partial charge in [-0.25, -0.2) is 0 Å². The van der Waals surface area contributed by atoms with Gasteiger partial charge in [-0.3, -0.25) is 4.90 Å². The second-order valence-corrected chi connectivity index (χ2v) is 5.87. The monoisotopic (exact) mass is 280 g/mol. The molecule has 1 aliphatic rings. The first-order valence-electron chi connectivity index (χ1n) is 8.21. The van der Waals surface area contributed by atoms with Crippen LogP contribution in [0.3, 0.4) is 0 Å². The van der Waals surface area contributed by atoms with Crippen LogP contribution in [0.4, 0.5) is 0 Å². The molecule has 1 saturated heterocycles. The SMILES string of the molecule is CCN(CC)C1CCN(CCCC(C#N)(CC)NC)C1. The molecule has 2 atom stereocenters. The van der Waals surface area contributed by atoms with Crippen molar-refractivity contribution in [1.82, 2.24) is 15.1 Å². The highest BCUT2D eigenvalue weighted by Crippen LogP contribution is 2.19. The number of nitrogens with one attached hydrogen (secondary N) is 1. The summed E-state index contributed by atoms with van der Waals surface area (Å²) in [5.74, 6) is 0. The van der Waals surface area contributed by atoms with E-state index in [0.717, 1.165) is 44.9 Å². The molecule has 4 nitrogen and oxygen atoms in total. The lowest BCUT2D eigenvalue weighted by atomic mass is 9.92. The molecule has 1 rings (SSSR count). The van der Waals surface area contributed by atoms with Gasteiger partial charge < -0.3 is 10.2 Å². The standard InChI is InChI=1S/C16H32N4/c1-5-16(14-17,18-4)10-8-11-19-12-9-15(13-19)20(6-2)7-3/h15,18H,5-13H2,1-4H3. The number of nitrogens with zero attached hydrogens (tertiary/aromatic N) is 3. The van der Waals surface area contributed by atoms with Gasteiger partial charge in [0.15, 0.2) is 0 Å². The average molecular weight is 280 g/mol. The largest absolute Gasteiger partial charge is 0.302 e. The molecule has 4 heteroatoms. The Balaban J connectivity index is 2.33. The molecule has 0 aromatic carbocycles. The summed E-state index contributed by atoms with van der Waals surface area (Å²) in [6, 6.07) is 3.18. The number of rotatable bonds is 9. The van der Waals surface area contributed by atoms with Crippen LogP contribution in [0, 0.1) is 11.3 Å². The van der Waals surface area contributed by atoms with E-state index < -0.39 is 0 Å². The van der Waals surface area contributed by atoms with Crippen molar-refractivity contribution in [3.05, 3.63) is 0 Å². The Bertz CT molecular complexity index is 302. The minimum absolute atomic E-state index is 0.321. The van der Waals surface area contributed by atoms with Crippen molar-refractivity contribution >= 4 is 0 Å². The van der Waals surface area contributed by atoms with Gasteiger partial charge in [0, 0.05) is 12.6 Å². The Kier molecular flexibility index (Phi) is 7.50.